The molecule has 0 spiro atoms. The number of amides is 2. The molecule has 0 fully saturated rings. The Balaban J connectivity index is 0.00000240. The van der Waals surface area contributed by atoms with Gasteiger partial charge in [-0.1, -0.05) is 18.2 Å². The molecule has 0 radical (unpaired) electrons. The van der Waals surface area contributed by atoms with Crippen molar-refractivity contribution in [2.75, 3.05) is 17.2 Å². The number of carbonyl (C=O) groups excluding carboxylic acids is 2. The van der Waals surface area contributed by atoms with E-state index in [9.17, 15) is 9.59 Å². The number of carbonyl (C=O) groups is 2. The largest absolute Gasteiger partial charge is 0.479 e. The van der Waals surface area contributed by atoms with Gasteiger partial charge in [-0.25, -0.2) is 0 Å². The Morgan fingerprint density at radius 3 is 2.90 bits per heavy atom. The van der Waals surface area contributed by atoms with Crippen LogP contribution < -0.4 is 20.7 Å². The van der Waals surface area contributed by atoms with Crippen molar-refractivity contribution >= 4 is 35.6 Å². The molecule has 2 aliphatic rings. The number of nitrogens with one attached hydrogen (secondary N) is 1. The van der Waals surface area contributed by atoms with E-state index in [2.05, 4.69) is 5.32 Å². The summed E-state index contributed by atoms with van der Waals surface area (Å²) in [5.41, 5.74) is 9.72. The molecule has 4 rings (SSSR count). The Kier molecular flexibility index (Phi) is 6.33. The number of fused-ring (bicyclic) bond motifs is 2. The highest BCUT2D eigenvalue weighted by Crippen LogP contribution is 2.34. The topological polar surface area (TPSA) is 84.7 Å². The molecule has 2 unspecified atom stereocenters. The summed E-state index contributed by atoms with van der Waals surface area (Å²) in [4.78, 5) is 26.8. The summed E-state index contributed by atoms with van der Waals surface area (Å²) in [6, 6.07) is 13.3. The average molecular weight is 416 g/mol. The van der Waals surface area contributed by atoms with Crippen LogP contribution >= 0.6 is 12.4 Å². The number of hydrogen-bond donors (Lipinski definition) is 2. The molecular weight excluding hydrogens is 390 g/mol. The number of aryl methyl sites for hydroxylation is 1. The summed E-state index contributed by atoms with van der Waals surface area (Å²) in [6.07, 6.45) is 2.62. The Morgan fingerprint density at radius 2 is 2.07 bits per heavy atom. The molecule has 2 aromatic rings. The first kappa shape index (κ1) is 21.0. The molecule has 3 N–H and O–H groups in total. The number of halogens is 1. The molecule has 0 aromatic heterocycles. The molecule has 154 valence electrons. The van der Waals surface area contributed by atoms with Crippen LogP contribution in [0.3, 0.4) is 0 Å². The minimum absolute atomic E-state index is 0. The van der Waals surface area contributed by atoms with Gasteiger partial charge in [0.1, 0.15) is 5.75 Å². The number of rotatable bonds is 4. The zero-order chi connectivity index (χ0) is 19.7. The van der Waals surface area contributed by atoms with Gasteiger partial charge < -0.3 is 20.7 Å². The fourth-order valence-electron chi connectivity index (χ4n) is 4.05. The fourth-order valence-corrected chi connectivity index (χ4v) is 4.05. The summed E-state index contributed by atoms with van der Waals surface area (Å²) >= 11 is 0. The van der Waals surface area contributed by atoms with Crippen LogP contribution in [0, 0.1) is 0 Å². The van der Waals surface area contributed by atoms with Crippen LogP contribution in [0.5, 0.6) is 5.75 Å². The van der Waals surface area contributed by atoms with Crippen molar-refractivity contribution in [2.24, 2.45) is 0 Å². The summed E-state index contributed by atoms with van der Waals surface area (Å²) < 4.78 is 5.65. The van der Waals surface area contributed by atoms with Gasteiger partial charge in [0.25, 0.3) is 5.91 Å². The molecule has 7 heteroatoms. The van der Waals surface area contributed by atoms with Gasteiger partial charge in [-0.2, -0.15) is 0 Å². The van der Waals surface area contributed by atoms with Gasteiger partial charge in [0.2, 0.25) is 5.91 Å². The average Bonchev–Trinajstić information content (AvgIpc) is 2.68. The van der Waals surface area contributed by atoms with Crippen LogP contribution in [-0.2, 0) is 16.0 Å². The van der Waals surface area contributed by atoms with Gasteiger partial charge in [0, 0.05) is 18.7 Å². The maximum atomic E-state index is 12.6. The summed E-state index contributed by atoms with van der Waals surface area (Å²) in [7, 11) is 0. The lowest BCUT2D eigenvalue weighted by molar-refractivity contribution is -0.125. The Morgan fingerprint density at radius 1 is 1.28 bits per heavy atom. The third-order valence-corrected chi connectivity index (χ3v) is 5.45. The van der Waals surface area contributed by atoms with Crippen LogP contribution in [0.1, 0.15) is 43.4 Å². The minimum Gasteiger partial charge on any atom is -0.479 e. The highest BCUT2D eigenvalue weighted by molar-refractivity contribution is 6.00. The van der Waals surface area contributed by atoms with E-state index in [4.69, 9.17) is 10.5 Å². The number of ether oxygens (including phenoxy) is 1. The predicted octanol–water partition coefficient (Wildman–Crippen LogP) is 3.39. The van der Waals surface area contributed by atoms with Crippen molar-refractivity contribution in [3.63, 3.8) is 0 Å². The van der Waals surface area contributed by atoms with Crippen LogP contribution in [0.2, 0.25) is 0 Å². The van der Waals surface area contributed by atoms with E-state index in [1.54, 1.807) is 11.8 Å². The van der Waals surface area contributed by atoms with Crippen LogP contribution in [0.25, 0.3) is 0 Å². The minimum atomic E-state index is -0.548. The van der Waals surface area contributed by atoms with E-state index in [0.29, 0.717) is 12.3 Å². The van der Waals surface area contributed by atoms with E-state index < -0.39 is 6.10 Å². The van der Waals surface area contributed by atoms with Gasteiger partial charge in [-0.15, -0.1) is 12.4 Å². The highest BCUT2D eigenvalue weighted by atomic mass is 35.5. The van der Waals surface area contributed by atoms with Gasteiger partial charge in [0.05, 0.1) is 11.7 Å². The first-order valence-corrected chi connectivity index (χ1v) is 9.77. The molecule has 2 aromatic carbocycles. The molecular formula is C22H26ClN3O3. The number of para-hydroxylation sites is 2. The fraction of sp³-hybridized carbons (Fsp3) is 0.364. The molecule has 29 heavy (non-hydrogen) atoms. The molecule has 0 saturated carbocycles. The summed E-state index contributed by atoms with van der Waals surface area (Å²) in [6.45, 7) is 2.06. The van der Waals surface area contributed by atoms with E-state index in [-0.39, 0.29) is 36.7 Å². The van der Waals surface area contributed by atoms with Crippen molar-refractivity contribution in [3.05, 3.63) is 53.6 Å². The number of nitrogens with two attached hydrogens (primary N) is 1. The zero-order valence-electron chi connectivity index (χ0n) is 16.4. The van der Waals surface area contributed by atoms with Crippen molar-refractivity contribution in [1.82, 2.24) is 5.32 Å². The third kappa shape index (κ3) is 4.32. The number of benzene rings is 2. The van der Waals surface area contributed by atoms with Crippen molar-refractivity contribution in [1.29, 1.82) is 0 Å². The normalized spacial score (nSPS) is 20.0. The molecule has 1 heterocycles. The second-order valence-corrected chi connectivity index (χ2v) is 7.44. The van der Waals surface area contributed by atoms with Crippen molar-refractivity contribution in [2.45, 2.75) is 44.8 Å². The number of hydrogen-bond acceptors (Lipinski definition) is 4. The second kappa shape index (κ2) is 8.74. The molecule has 1 aliphatic heterocycles. The standard InChI is InChI=1S/C22H25N3O3.ClH/c1-14-22(27)25(19-7-2-3-8-20(19)28-14)12-11-21(26)24-18-6-4-5-15-13-16(23)9-10-17(15)18;/h2-3,7-10,13-14,18H,4-6,11-12,23H2,1H3,(H,24,26);1H. The SMILES string of the molecule is CC1Oc2ccccc2N(CCC(=O)NC2CCCc3cc(N)ccc32)C1=O.Cl. The van der Waals surface area contributed by atoms with Crippen molar-refractivity contribution < 1.29 is 14.3 Å². The lowest BCUT2D eigenvalue weighted by Crippen LogP contribution is -2.46. The number of nitrogens with zero attached hydrogens (tertiary/aromatic N) is 1. The van der Waals surface area contributed by atoms with E-state index >= 15 is 0 Å². The van der Waals surface area contributed by atoms with E-state index in [1.165, 1.54) is 5.56 Å². The van der Waals surface area contributed by atoms with Crippen molar-refractivity contribution in [3.8, 4) is 5.75 Å². The van der Waals surface area contributed by atoms with Gasteiger partial charge in [-0.05, 0) is 61.6 Å². The molecule has 2 amide bonds. The summed E-state index contributed by atoms with van der Waals surface area (Å²) in [5.74, 6) is 0.498. The Hall–Kier alpha value is -2.73. The molecule has 0 bridgehead atoms. The lowest BCUT2D eigenvalue weighted by Gasteiger charge is -2.33. The Labute approximate surface area is 176 Å². The third-order valence-electron chi connectivity index (χ3n) is 5.45. The number of nitrogen functional groups attached to an aromatic ring is 1. The molecule has 2 atom stereocenters. The van der Waals surface area contributed by atoms with E-state index in [1.807, 2.05) is 42.5 Å². The zero-order valence-corrected chi connectivity index (χ0v) is 17.2. The maximum Gasteiger partial charge on any atom is 0.267 e. The van der Waals surface area contributed by atoms with Gasteiger partial charge >= 0.3 is 0 Å². The van der Waals surface area contributed by atoms with Gasteiger partial charge in [0.15, 0.2) is 6.10 Å². The smallest absolute Gasteiger partial charge is 0.267 e. The predicted molar refractivity (Wildman–Crippen MR) is 115 cm³/mol. The lowest BCUT2D eigenvalue weighted by atomic mass is 9.87. The Bertz CT molecular complexity index is 918. The maximum absolute atomic E-state index is 12.6. The first-order chi connectivity index (χ1) is 13.5. The van der Waals surface area contributed by atoms with E-state index in [0.717, 1.165) is 36.2 Å². The molecule has 1 aliphatic carbocycles. The molecule has 6 nitrogen and oxygen atoms in total. The quantitative estimate of drug-likeness (QED) is 0.749. The van der Waals surface area contributed by atoms with Crippen LogP contribution in [-0.4, -0.2) is 24.5 Å². The first-order valence-electron chi connectivity index (χ1n) is 9.77. The van der Waals surface area contributed by atoms with Crippen LogP contribution in [0.4, 0.5) is 11.4 Å². The number of anilines is 2. The molecule has 0 saturated heterocycles. The monoisotopic (exact) mass is 415 g/mol. The summed E-state index contributed by atoms with van der Waals surface area (Å²) in [5, 5.41) is 3.14. The second-order valence-electron chi connectivity index (χ2n) is 7.44. The highest BCUT2D eigenvalue weighted by Gasteiger charge is 2.31. The van der Waals surface area contributed by atoms with Gasteiger partial charge in [-0.3, -0.25) is 9.59 Å². The van der Waals surface area contributed by atoms with Crippen LogP contribution in [0.15, 0.2) is 42.5 Å².